The van der Waals surface area contributed by atoms with E-state index in [0.717, 1.165) is 11.3 Å². The van der Waals surface area contributed by atoms with Gasteiger partial charge in [0.2, 0.25) is 0 Å². The van der Waals surface area contributed by atoms with Gasteiger partial charge in [-0.2, -0.15) is 0 Å². The van der Waals surface area contributed by atoms with Crippen molar-refractivity contribution in [2.75, 3.05) is 18.1 Å². The maximum atomic E-state index is 11.8. The Hall–Kier alpha value is -2.04. The zero-order chi connectivity index (χ0) is 14.0. The highest BCUT2D eigenvalue weighted by molar-refractivity contribution is 5.91. The van der Waals surface area contributed by atoms with E-state index in [9.17, 15) is 9.59 Å². The zero-order valence-electron chi connectivity index (χ0n) is 11.0. The lowest BCUT2D eigenvalue weighted by Crippen LogP contribution is -2.46. The van der Waals surface area contributed by atoms with Gasteiger partial charge in [-0.3, -0.25) is 9.69 Å². The summed E-state index contributed by atoms with van der Waals surface area (Å²) in [5.74, 6) is -1.38. The van der Waals surface area contributed by atoms with Crippen molar-refractivity contribution in [1.29, 1.82) is 0 Å². The first kappa shape index (κ1) is 13.4. The minimum atomic E-state index is -0.945. The summed E-state index contributed by atoms with van der Waals surface area (Å²) in [6, 6.07) is 7.50. The Morgan fingerprint density at radius 3 is 2.74 bits per heavy atom. The van der Waals surface area contributed by atoms with Gasteiger partial charge in [0, 0.05) is 6.54 Å². The Morgan fingerprint density at radius 2 is 2.11 bits per heavy atom. The fourth-order valence-electron chi connectivity index (χ4n) is 2.17. The molecule has 1 aromatic rings. The standard InChI is InChI=1S/C14H17NO4/c1-9(2)11-5-3-4-6-12(11)15-7-10(13(16)17)8-19-14(15)18/h3-6,9-10H,7-8H2,1-2H3,(H,16,17). The molecule has 19 heavy (non-hydrogen) atoms. The van der Waals surface area contributed by atoms with Crippen molar-refractivity contribution in [3.05, 3.63) is 29.8 Å². The van der Waals surface area contributed by atoms with Gasteiger partial charge in [0.25, 0.3) is 0 Å². The van der Waals surface area contributed by atoms with Crippen LogP contribution in [0.3, 0.4) is 0 Å². The third-order valence-electron chi connectivity index (χ3n) is 3.23. The van der Waals surface area contributed by atoms with Crippen LogP contribution in [0, 0.1) is 5.92 Å². The lowest BCUT2D eigenvalue weighted by atomic mass is 9.99. The van der Waals surface area contributed by atoms with Gasteiger partial charge in [-0.25, -0.2) is 4.79 Å². The van der Waals surface area contributed by atoms with E-state index in [2.05, 4.69) is 0 Å². The summed E-state index contributed by atoms with van der Waals surface area (Å²) in [6.07, 6.45) is -0.481. The number of hydrogen-bond donors (Lipinski definition) is 1. The molecular formula is C14H17NO4. The van der Waals surface area contributed by atoms with Crippen molar-refractivity contribution < 1.29 is 19.4 Å². The molecule has 5 nitrogen and oxygen atoms in total. The van der Waals surface area contributed by atoms with E-state index in [1.165, 1.54) is 4.90 Å². The van der Waals surface area contributed by atoms with E-state index in [0.29, 0.717) is 0 Å². The van der Waals surface area contributed by atoms with Crippen LogP contribution >= 0.6 is 0 Å². The number of nitrogens with zero attached hydrogens (tertiary/aromatic N) is 1. The number of carboxylic acids is 1. The van der Waals surface area contributed by atoms with Crippen LogP contribution in [-0.2, 0) is 9.53 Å². The second-order valence-electron chi connectivity index (χ2n) is 4.94. The summed E-state index contributed by atoms with van der Waals surface area (Å²) < 4.78 is 4.96. The normalized spacial score (nSPS) is 19.4. The van der Waals surface area contributed by atoms with E-state index in [1.807, 2.05) is 38.1 Å². The summed E-state index contributed by atoms with van der Waals surface area (Å²) in [5.41, 5.74) is 1.74. The largest absolute Gasteiger partial charge is 0.481 e. The first-order valence-corrected chi connectivity index (χ1v) is 6.26. The minimum absolute atomic E-state index is 0.0610. The molecule has 0 spiro atoms. The number of ether oxygens (including phenoxy) is 1. The number of hydrogen-bond acceptors (Lipinski definition) is 3. The summed E-state index contributed by atoms with van der Waals surface area (Å²) in [4.78, 5) is 24.3. The highest BCUT2D eigenvalue weighted by Gasteiger charge is 2.33. The molecule has 0 bridgehead atoms. The average Bonchev–Trinajstić information content (AvgIpc) is 2.39. The Morgan fingerprint density at radius 1 is 1.42 bits per heavy atom. The van der Waals surface area contributed by atoms with Crippen LogP contribution < -0.4 is 4.90 Å². The second-order valence-corrected chi connectivity index (χ2v) is 4.94. The van der Waals surface area contributed by atoms with Crippen LogP contribution in [0.2, 0.25) is 0 Å². The van der Waals surface area contributed by atoms with Gasteiger partial charge >= 0.3 is 12.1 Å². The molecule has 1 amide bonds. The van der Waals surface area contributed by atoms with Gasteiger partial charge in [-0.05, 0) is 17.5 Å². The summed E-state index contributed by atoms with van der Waals surface area (Å²) in [5, 5.41) is 9.05. The molecule has 1 heterocycles. The van der Waals surface area contributed by atoms with Gasteiger partial charge < -0.3 is 9.84 Å². The molecule has 1 aliphatic rings. The molecule has 1 fully saturated rings. The van der Waals surface area contributed by atoms with E-state index in [4.69, 9.17) is 9.84 Å². The molecule has 1 atom stereocenters. The average molecular weight is 263 g/mol. The molecule has 1 unspecified atom stereocenters. The maximum Gasteiger partial charge on any atom is 0.414 e. The number of cyclic esters (lactones) is 1. The van der Waals surface area contributed by atoms with E-state index < -0.39 is 18.0 Å². The lowest BCUT2D eigenvalue weighted by molar-refractivity contribution is -0.143. The third-order valence-corrected chi connectivity index (χ3v) is 3.23. The topological polar surface area (TPSA) is 66.8 Å². The molecule has 0 aliphatic carbocycles. The molecule has 0 radical (unpaired) electrons. The van der Waals surface area contributed by atoms with Gasteiger partial charge in [-0.15, -0.1) is 0 Å². The Balaban J connectivity index is 2.34. The SMILES string of the molecule is CC(C)c1ccccc1N1CC(C(=O)O)COC1=O. The van der Waals surface area contributed by atoms with Gasteiger partial charge in [0.15, 0.2) is 0 Å². The smallest absolute Gasteiger partial charge is 0.414 e. The second kappa shape index (κ2) is 5.30. The monoisotopic (exact) mass is 263 g/mol. The first-order chi connectivity index (χ1) is 9.00. The fraction of sp³-hybridized carbons (Fsp3) is 0.429. The molecule has 1 N–H and O–H groups in total. The summed E-state index contributed by atoms with van der Waals surface area (Å²) in [6.45, 7) is 4.15. The Kier molecular flexibility index (Phi) is 3.74. The van der Waals surface area contributed by atoms with E-state index >= 15 is 0 Å². The van der Waals surface area contributed by atoms with Crippen LogP contribution in [0.25, 0.3) is 0 Å². The molecule has 5 heteroatoms. The predicted octanol–water partition coefficient (Wildman–Crippen LogP) is 2.47. The van der Waals surface area contributed by atoms with Crippen molar-refractivity contribution in [3.63, 3.8) is 0 Å². The Bertz CT molecular complexity index is 498. The maximum absolute atomic E-state index is 11.8. The number of carbonyl (C=O) groups excluding carboxylic acids is 1. The molecule has 0 aromatic heterocycles. The molecular weight excluding hydrogens is 246 g/mol. The lowest BCUT2D eigenvalue weighted by Gasteiger charge is -2.32. The number of aliphatic carboxylic acids is 1. The number of amides is 1. The Labute approximate surface area is 111 Å². The quantitative estimate of drug-likeness (QED) is 0.909. The predicted molar refractivity (Wildman–Crippen MR) is 70.4 cm³/mol. The number of carboxylic acid groups (broad SMARTS) is 1. The van der Waals surface area contributed by atoms with Gasteiger partial charge in [0.05, 0.1) is 5.69 Å². The molecule has 1 aliphatic heterocycles. The van der Waals surface area contributed by atoms with Gasteiger partial charge in [0.1, 0.15) is 12.5 Å². The number of para-hydroxylation sites is 1. The molecule has 1 aromatic carbocycles. The highest BCUT2D eigenvalue weighted by atomic mass is 16.6. The molecule has 2 rings (SSSR count). The third kappa shape index (κ3) is 2.70. The van der Waals surface area contributed by atoms with E-state index in [1.54, 1.807) is 0 Å². The van der Waals surface area contributed by atoms with Crippen molar-refractivity contribution in [1.82, 2.24) is 0 Å². The molecule has 1 saturated heterocycles. The number of anilines is 1. The number of carbonyl (C=O) groups is 2. The number of rotatable bonds is 3. The summed E-state index contributed by atoms with van der Waals surface area (Å²) >= 11 is 0. The van der Waals surface area contributed by atoms with Crippen molar-refractivity contribution in [2.24, 2.45) is 5.92 Å². The van der Waals surface area contributed by atoms with Crippen molar-refractivity contribution in [3.8, 4) is 0 Å². The molecule has 102 valence electrons. The van der Waals surface area contributed by atoms with E-state index in [-0.39, 0.29) is 19.1 Å². The first-order valence-electron chi connectivity index (χ1n) is 6.26. The number of benzene rings is 1. The van der Waals surface area contributed by atoms with Crippen LogP contribution in [-0.4, -0.2) is 30.3 Å². The van der Waals surface area contributed by atoms with Crippen LogP contribution in [0.5, 0.6) is 0 Å². The minimum Gasteiger partial charge on any atom is -0.481 e. The van der Waals surface area contributed by atoms with Gasteiger partial charge in [-0.1, -0.05) is 32.0 Å². The van der Waals surface area contributed by atoms with Crippen LogP contribution in [0.15, 0.2) is 24.3 Å². The molecule has 0 saturated carbocycles. The van der Waals surface area contributed by atoms with Crippen molar-refractivity contribution in [2.45, 2.75) is 19.8 Å². The fourth-order valence-corrected chi connectivity index (χ4v) is 2.17. The van der Waals surface area contributed by atoms with Crippen LogP contribution in [0.4, 0.5) is 10.5 Å². The highest BCUT2D eigenvalue weighted by Crippen LogP contribution is 2.29. The summed E-state index contributed by atoms with van der Waals surface area (Å²) in [7, 11) is 0. The zero-order valence-corrected chi connectivity index (χ0v) is 11.0. The van der Waals surface area contributed by atoms with Crippen LogP contribution in [0.1, 0.15) is 25.3 Å². The van der Waals surface area contributed by atoms with Crippen molar-refractivity contribution >= 4 is 17.7 Å².